The van der Waals surface area contributed by atoms with Gasteiger partial charge in [0, 0.05) is 12.6 Å². The van der Waals surface area contributed by atoms with Crippen molar-refractivity contribution in [3.8, 4) is 17.4 Å². The lowest BCUT2D eigenvalue weighted by molar-refractivity contribution is 0.300. The van der Waals surface area contributed by atoms with Gasteiger partial charge in [-0.2, -0.15) is 0 Å². The van der Waals surface area contributed by atoms with E-state index in [-0.39, 0.29) is 0 Å². The molecular formula is C16H19ClN2O2. The molecule has 0 saturated heterocycles. The molecule has 0 aliphatic heterocycles. The summed E-state index contributed by atoms with van der Waals surface area (Å²) in [6.07, 6.45) is 0.944. The van der Waals surface area contributed by atoms with Crippen LogP contribution in [-0.2, 0) is 6.54 Å². The van der Waals surface area contributed by atoms with Gasteiger partial charge in [-0.25, -0.2) is 4.98 Å². The average Bonchev–Trinajstić information content (AvgIpc) is 2.50. The first-order valence-electron chi connectivity index (χ1n) is 6.94. The van der Waals surface area contributed by atoms with Gasteiger partial charge in [-0.15, -0.1) is 0 Å². The van der Waals surface area contributed by atoms with Gasteiger partial charge in [0.05, 0.1) is 17.3 Å². The van der Waals surface area contributed by atoms with Crippen molar-refractivity contribution in [3.05, 3.63) is 47.1 Å². The number of halogens is 1. The van der Waals surface area contributed by atoms with Crippen molar-refractivity contribution in [2.75, 3.05) is 13.7 Å². The lowest BCUT2D eigenvalue weighted by Crippen LogP contribution is -2.08. The Morgan fingerprint density at radius 3 is 2.62 bits per heavy atom. The maximum absolute atomic E-state index is 6.10. The summed E-state index contributed by atoms with van der Waals surface area (Å²) >= 11 is 6.10. The molecule has 1 aromatic heterocycles. The van der Waals surface area contributed by atoms with Crippen LogP contribution in [0, 0.1) is 0 Å². The fraction of sp³-hybridized carbons (Fsp3) is 0.312. The van der Waals surface area contributed by atoms with E-state index in [0.717, 1.165) is 12.1 Å². The first-order valence-corrected chi connectivity index (χ1v) is 7.32. The van der Waals surface area contributed by atoms with E-state index in [1.54, 1.807) is 12.1 Å². The van der Waals surface area contributed by atoms with Gasteiger partial charge in [0.1, 0.15) is 0 Å². The lowest BCUT2D eigenvalue weighted by atomic mass is 10.3. The van der Waals surface area contributed by atoms with Gasteiger partial charge in [-0.05, 0) is 31.7 Å². The third kappa shape index (κ3) is 4.34. The number of rotatable bonds is 7. The van der Waals surface area contributed by atoms with Crippen LogP contribution >= 0.6 is 11.6 Å². The number of benzene rings is 1. The third-order valence-electron chi connectivity index (χ3n) is 2.76. The summed E-state index contributed by atoms with van der Waals surface area (Å²) in [5.41, 5.74) is 0.753. The highest BCUT2D eigenvalue weighted by Gasteiger charge is 2.08. The molecule has 0 atom stereocenters. The van der Waals surface area contributed by atoms with E-state index in [2.05, 4.69) is 17.2 Å². The van der Waals surface area contributed by atoms with Gasteiger partial charge in [-0.1, -0.05) is 30.7 Å². The number of ether oxygens (including phenoxy) is 2. The van der Waals surface area contributed by atoms with Crippen LogP contribution in [0.2, 0.25) is 5.02 Å². The summed E-state index contributed by atoms with van der Waals surface area (Å²) in [7, 11) is 1.85. The molecule has 1 aromatic carbocycles. The van der Waals surface area contributed by atoms with Crippen LogP contribution in [0.4, 0.5) is 0 Å². The number of pyridine rings is 1. The molecule has 0 amide bonds. The molecule has 0 spiro atoms. The van der Waals surface area contributed by atoms with Gasteiger partial charge >= 0.3 is 0 Å². The molecule has 0 bridgehead atoms. The Morgan fingerprint density at radius 1 is 1.14 bits per heavy atom. The molecule has 1 heterocycles. The second-order valence-electron chi connectivity index (χ2n) is 4.51. The van der Waals surface area contributed by atoms with Crippen molar-refractivity contribution < 1.29 is 9.47 Å². The predicted octanol–water partition coefficient (Wildman–Crippen LogP) is 4.04. The highest BCUT2D eigenvalue weighted by atomic mass is 35.5. The Hall–Kier alpha value is -1.78. The SMILES string of the molecule is CCCOc1ccccc1Oc1ccc(Cl)c(CNC)n1. The zero-order chi connectivity index (χ0) is 15.1. The maximum Gasteiger partial charge on any atom is 0.219 e. The molecule has 0 aliphatic carbocycles. The minimum Gasteiger partial charge on any atom is -0.490 e. The highest BCUT2D eigenvalue weighted by molar-refractivity contribution is 6.31. The van der Waals surface area contributed by atoms with E-state index in [9.17, 15) is 0 Å². The largest absolute Gasteiger partial charge is 0.490 e. The fourth-order valence-corrected chi connectivity index (χ4v) is 1.96. The number of hydrogen-bond donors (Lipinski definition) is 1. The Morgan fingerprint density at radius 2 is 1.90 bits per heavy atom. The fourth-order valence-electron chi connectivity index (χ4n) is 1.79. The van der Waals surface area contributed by atoms with Crippen LogP contribution in [0.15, 0.2) is 36.4 Å². The van der Waals surface area contributed by atoms with Crippen LogP contribution in [0.5, 0.6) is 17.4 Å². The van der Waals surface area contributed by atoms with Crippen LogP contribution in [0.1, 0.15) is 19.0 Å². The maximum atomic E-state index is 6.10. The van der Waals surface area contributed by atoms with Crippen LogP contribution < -0.4 is 14.8 Å². The van der Waals surface area contributed by atoms with Gasteiger partial charge in [-0.3, -0.25) is 0 Å². The van der Waals surface area contributed by atoms with Crippen molar-refractivity contribution in [1.29, 1.82) is 0 Å². The Labute approximate surface area is 130 Å². The normalized spacial score (nSPS) is 10.4. The molecule has 5 heteroatoms. The molecule has 1 N–H and O–H groups in total. The standard InChI is InChI=1S/C16H19ClN2O2/c1-3-10-20-14-6-4-5-7-15(14)21-16-9-8-12(17)13(19-16)11-18-2/h4-9,18H,3,10-11H2,1-2H3. The molecule has 2 aromatic rings. The Bertz CT molecular complexity index is 590. The van der Waals surface area contributed by atoms with Gasteiger partial charge in [0.15, 0.2) is 11.5 Å². The van der Waals surface area contributed by atoms with Crippen molar-refractivity contribution in [2.45, 2.75) is 19.9 Å². The minimum absolute atomic E-state index is 0.497. The first kappa shape index (κ1) is 15.6. The van der Waals surface area contributed by atoms with Crippen molar-refractivity contribution >= 4 is 11.6 Å². The van der Waals surface area contributed by atoms with E-state index < -0.39 is 0 Å². The summed E-state index contributed by atoms with van der Waals surface area (Å²) in [5, 5.41) is 3.65. The molecule has 0 unspecified atom stereocenters. The number of nitrogens with one attached hydrogen (secondary N) is 1. The molecule has 0 radical (unpaired) electrons. The Balaban J connectivity index is 2.19. The van der Waals surface area contributed by atoms with E-state index >= 15 is 0 Å². The summed E-state index contributed by atoms with van der Waals surface area (Å²) in [5.74, 6) is 1.86. The van der Waals surface area contributed by atoms with Gasteiger partial charge in [0.25, 0.3) is 0 Å². The summed E-state index contributed by atoms with van der Waals surface area (Å²) < 4.78 is 11.5. The van der Waals surface area contributed by atoms with Gasteiger partial charge in [0.2, 0.25) is 5.88 Å². The molecule has 21 heavy (non-hydrogen) atoms. The lowest BCUT2D eigenvalue weighted by Gasteiger charge is -2.12. The third-order valence-corrected chi connectivity index (χ3v) is 3.11. The van der Waals surface area contributed by atoms with Gasteiger partial charge < -0.3 is 14.8 Å². The van der Waals surface area contributed by atoms with E-state index in [1.165, 1.54) is 0 Å². The molecule has 0 fully saturated rings. The van der Waals surface area contributed by atoms with Crippen molar-refractivity contribution in [1.82, 2.24) is 10.3 Å². The highest BCUT2D eigenvalue weighted by Crippen LogP contribution is 2.31. The monoisotopic (exact) mass is 306 g/mol. The quantitative estimate of drug-likeness (QED) is 0.838. The first-order chi connectivity index (χ1) is 10.2. The molecule has 0 aliphatic rings. The smallest absolute Gasteiger partial charge is 0.219 e. The summed E-state index contributed by atoms with van der Waals surface area (Å²) in [4.78, 5) is 4.41. The summed E-state index contributed by atoms with van der Waals surface area (Å²) in [6.45, 7) is 3.30. The molecule has 4 nitrogen and oxygen atoms in total. The van der Waals surface area contributed by atoms with Crippen molar-refractivity contribution in [2.24, 2.45) is 0 Å². The second-order valence-corrected chi connectivity index (χ2v) is 4.91. The number of para-hydroxylation sites is 2. The zero-order valence-corrected chi connectivity index (χ0v) is 13.0. The Kier molecular flexibility index (Phi) is 5.84. The summed E-state index contributed by atoms with van der Waals surface area (Å²) in [6, 6.07) is 11.1. The molecular weight excluding hydrogens is 288 g/mol. The second kappa shape index (κ2) is 7.86. The molecule has 0 saturated carbocycles. The topological polar surface area (TPSA) is 43.4 Å². The number of hydrogen-bond acceptors (Lipinski definition) is 4. The zero-order valence-electron chi connectivity index (χ0n) is 12.2. The van der Waals surface area contributed by atoms with Crippen molar-refractivity contribution in [3.63, 3.8) is 0 Å². The predicted molar refractivity (Wildman–Crippen MR) is 84.3 cm³/mol. The number of nitrogens with zero attached hydrogens (tertiary/aromatic N) is 1. The van der Waals surface area contributed by atoms with Crippen LogP contribution in [0.25, 0.3) is 0 Å². The van der Waals surface area contributed by atoms with E-state index in [4.69, 9.17) is 21.1 Å². The van der Waals surface area contributed by atoms with E-state index in [1.807, 2.05) is 31.3 Å². The van der Waals surface area contributed by atoms with Crippen LogP contribution in [0.3, 0.4) is 0 Å². The molecule has 2 rings (SSSR count). The minimum atomic E-state index is 0.497. The van der Waals surface area contributed by atoms with Crippen LogP contribution in [-0.4, -0.2) is 18.6 Å². The number of aromatic nitrogens is 1. The average molecular weight is 307 g/mol. The molecule has 112 valence electrons. The van der Waals surface area contributed by atoms with E-state index in [0.29, 0.717) is 35.6 Å².